The van der Waals surface area contributed by atoms with Gasteiger partial charge >= 0.3 is 12.2 Å². The van der Waals surface area contributed by atoms with Crippen molar-refractivity contribution < 1.29 is 22.8 Å². The molecule has 1 aromatic carbocycles. The SMILES string of the molecule is N#Cc1c(C(N)=O)c2n(c1C1CC1)CCN(C(=O)Nc1cccc(C(F)(F)F)c1)C2. The summed E-state index contributed by atoms with van der Waals surface area (Å²) in [4.78, 5) is 26.1. The third kappa shape index (κ3) is 3.47. The summed E-state index contributed by atoms with van der Waals surface area (Å²) in [5.41, 5.74) is 6.34. The van der Waals surface area contributed by atoms with Gasteiger partial charge in [-0.05, 0) is 31.0 Å². The predicted octanol–water partition coefficient (Wildman–Crippen LogP) is 3.40. The highest BCUT2D eigenvalue weighted by Gasteiger charge is 2.38. The Morgan fingerprint density at radius 1 is 1.23 bits per heavy atom. The third-order valence-electron chi connectivity index (χ3n) is 5.40. The topological polar surface area (TPSA) is 104 Å². The van der Waals surface area contributed by atoms with Crippen molar-refractivity contribution in [1.82, 2.24) is 9.47 Å². The molecule has 0 unspecified atom stereocenters. The first kappa shape index (κ1) is 19.8. The molecule has 4 rings (SSSR count). The number of hydrogen-bond acceptors (Lipinski definition) is 3. The highest BCUT2D eigenvalue weighted by Crippen LogP contribution is 2.44. The Hall–Kier alpha value is -3.48. The number of carbonyl (C=O) groups is 2. The molecule has 0 atom stereocenters. The summed E-state index contributed by atoms with van der Waals surface area (Å²) in [5.74, 6) is -0.528. The molecule has 0 spiro atoms. The van der Waals surface area contributed by atoms with Gasteiger partial charge in [-0.15, -0.1) is 0 Å². The van der Waals surface area contributed by atoms with Gasteiger partial charge in [0, 0.05) is 30.4 Å². The maximum atomic E-state index is 12.9. The molecule has 2 aromatic rings. The number of carbonyl (C=O) groups excluding carboxylic acids is 2. The lowest BCUT2D eigenvalue weighted by molar-refractivity contribution is -0.137. The summed E-state index contributed by atoms with van der Waals surface area (Å²) >= 11 is 0. The molecule has 1 fully saturated rings. The Labute approximate surface area is 169 Å². The van der Waals surface area contributed by atoms with Crippen LogP contribution in [0.1, 0.15) is 51.6 Å². The van der Waals surface area contributed by atoms with E-state index >= 15 is 0 Å². The van der Waals surface area contributed by atoms with Gasteiger partial charge in [-0.3, -0.25) is 4.79 Å². The van der Waals surface area contributed by atoms with Crippen molar-refractivity contribution in [2.24, 2.45) is 5.73 Å². The number of anilines is 1. The van der Waals surface area contributed by atoms with Gasteiger partial charge < -0.3 is 20.5 Å². The lowest BCUT2D eigenvalue weighted by Gasteiger charge is -2.30. The van der Waals surface area contributed by atoms with Gasteiger partial charge in [0.15, 0.2) is 0 Å². The Balaban J connectivity index is 1.60. The van der Waals surface area contributed by atoms with Crippen molar-refractivity contribution in [3.05, 3.63) is 52.3 Å². The molecule has 1 aliphatic heterocycles. The number of primary amides is 1. The van der Waals surface area contributed by atoms with Crippen LogP contribution in [0.5, 0.6) is 0 Å². The standard InChI is InChI=1S/C20H18F3N5O2/c21-20(22,23)12-2-1-3-13(8-12)26-19(30)27-6-7-28-15(10-27)16(18(25)29)14(9-24)17(28)11-4-5-11/h1-3,8,11H,4-7,10H2,(H2,25,29)(H,26,30). The fourth-order valence-corrected chi connectivity index (χ4v) is 3.90. The average molecular weight is 417 g/mol. The van der Waals surface area contributed by atoms with E-state index in [1.807, 2.05) is 4.57 Å². The number of aromatic nitrogens is 1. The Morgan fingerprint density at radius 2 is 1.97 bits per heavy atom. The monoisotopic (exact) mass is 417 g/mol. The number of nitrogens with one attached hydrogen (secondary N) is 1. The number of alkyl halides is 3. The van der Waals surface area contributed by atoms with E-state index in [1.165, 1.54) is 17.0 Å². The largest absolute Gasteiger partial charge is 0.416 e. The number of rotatable bonds is 3. The highest BCUT2D eigenvalue weighted by atomic mass is 19.4. The molecule has 1 saturated carbocycles. The summed E-state index contributed by atoms with van der Waals surface area (Å²) in [6, 6.07) is 5.85. The second-order valence-electron chi connectivity index (χ2n) is 7.41. The molecule has 3 amide bonds. The van der Waals surface area contributed by atoms with Crippen LogP contribution >= 0.6 is 0 Å². The minimum absolute atomic E-state index is 0.0160. The zero-order valence-electron chi connectivity index (χ0n) is 15.8. The number of fused-ring (bicyclic) bond motifs is 1. The van der Waals surface area contributed by atoms with Crippen molar-refractivity contribution in [3.63, 3.8) is 0 Å². The van der Waals surface area contributed by atoms with Crippen molar-refractivity contribution in [3.8, 4) is 6.07 Å². The minimum atomic E-state index is -4.52. The Kier molecular flexibility index (Phi) is 4.68. The molecule has 2 heterocycles. The van der Waals surface area contributed by atoms with Crippen LogP contribution < -0.4 is 11.1 Å². The van der Waals surface area contributed by atoms with Crippen LogP contribution in [0.3, 0.4) is 0 Å². The maximum absolute atomic E-state index is 12.9. The molecule has 0 radical (unpaired) electrons. The fraction of sp³-hybridized carbons (Fsp3) is 0.350. The van der Waals surface area contributed by atoms with Gasteiger partial charge in [-0.25, -0.2) is 4.79 Å². The fourth-order valence-electron chi connectivity index (χ4n) is 3.90. The molecule has 1 aromatic heterocycles. The van der Waals surface area contributed by atoms with E-state index in [9.17, 15) is 28.0 Å². The molecule has 156 valence electrons. The van der Waals surface area contributed by atoms with E-state index in [0.717, 1.165) is 30.7 Å². The molecule has 0 bridgehead atoms. The van der Waals surface area contributed by atoms with Crippen molar-refractivity contribution in [1.29, 1.82) is 5.26 Å². The lowest BCUT2D eigenvalue weighted by atomic mass is 10.1. The van der Waals surface area contributed by atoms with Crippen LogP contribution in [-0.2, 0) is 19.3 Å². The first-order valence-electron chi connectivity index (χ1n) is 9.39. The van der Waals surface area contributed by atoms with E-state index in [1.54, 1.807) is 0 Å². The second-order valence-corrected chi connectivity index (χ2v) is 7.41. The number of hydrogen-bond donors (Lipinski definition) is 2. The smallest absolute Gasteiger partial charge is 0.366 e. The zero-order valence-corrected chi connectivity index (χ0v) is 15.8. The van der Waals surface area contributed by atoms with Crippen LogP contribution in [-0.4, -0.2) is 28.0 Å². The highest BCUT2D eigenvalue weighted by molar-refractivity contribution is 5.98. The van der Waals surface area contributed by atoms with Gasteiger partial charge in [0.1, 0.15) is 6.07 Å². The van der Waals surface area contributed by atoms with Crippen LogP contribution in [0.2, 0.25) is 0 Å². The molecule has 3 N–H and O–H groups in total. The summed E-state index contributed by atoms with van der Waals surface area (Å²) in [6.07, 6.45) is -2.66. The Bertz CT molecular complexity index is 1080. The molecule has 30 heavy (non-hydrogen) atoms. The van der Waals surface area contributed by atoms with E-state index in [2.05, 4.69) is 11.4 Å². The van der Waals surface area contributed by atoms with Gasteiger partial charge in [0.05, 0.1) is 28.9 Å². The molecule has 7 nitrogen and oxygen atoms in total. The van der Waals surface area contributed by atoms with E-state index in [0.29, 0.717) is 12.2 Å². The number of nitrogens with two attached hydrogens (primary N) is 1. The predicted molar refractivity (Wildman–Crippen MR) is 101 cm³/mol. The molecule has 2 aliphatic rings. The normalized spacial score (nSPS) is 16.0. The third-order valence-corrected chi connectivity index (χ3v) is 5.40. The quantitative estimate of drug-likeness (QED) is 0.800. The summed E-state index contributed by atoms with van der Waals surface area (Å²) in [6.45, 7) is 0.693. The summed E-state index contributed by atoms with van der Waals surface area (Å²) in [5, 5.41) is 12.1. The Morgan fingerprint density at radius 3 is 2.57 bits per heavy atom. The molecule has 10 heteroatoms. The van der Waals surface area contributed by atoms with E-state index in [-0.39, 0.29) is 35.8 Å². The van der Waals surface area contributed by atoms with Crippen molar-refractivity contribution >= 4 is 17.6 Å². The van der Waals surface area contributed by atoms with Gasteiger partial charge in [0.2, 0.25) is 0 Å². The van der Waals surface area contributed by atoms with Crippen molar-refractivity contribution in [2.45, 2.75) is 38.0 Å². The zero-order chi connectivity index (χ0) is 21.6. The number of urea groups is 1. The first-order valence-corrected chi connectivity index (χ1v) is 9.39. The summed E-state index contributed by atoms with van der Waals surface area (Å²) < 4.78 is 40.6. The summed E-state index contributed by atoms with van der Waals surface area (Å²) in [7, 11) is 0. The second kappa shape index (κ2) is 7.09. The molecule has 0 saturated heterocycles. The number of nitriles is 1. The van der Waals surface area contributed by atoms with Gasteiger partial charge in [-0.2, -0.15) is 18.4 Å². The molecule has 1 aliphatic carbocycles. The van der Waals surface area contributed by atoms with Crippen molar-refractivity contribution in [2.75, 3.05) is 11.9 Å². The number of halogens is 3. The number of amides is 3. The van der Waals surface area contributed by atoms with Crippen LogP contribution in [0.4, 0.5) is 23.7 Å². The van der Waals surface area contributed by atoms with E-state index < -0.39 is 23.7 Å². The van der Waals surface area contributed by atoms with E-state index in [4.69, 9.17) is 5.73 Å². The van der Waals surface area contributed by atoms with Crippen LogP contribution in [0.15, 0.2) is 24.3 Å². The molecular formula is C20H18F3N5O2. The lowest BCUT2D eigenvalue weighted by Crippen LogP contribution is -2.41. The number of benzene rings is 1. The van der Waals surface area contributed by atoms with Crippen LogP contribution in [0.25, 0.3) is 0 Å². The minimum Gasteiger partial charge on any atom is -0.366 e. The van der Waals surface area contributed by atoms with Crippen LogP contribution in [0, 0.1) is 11.3 Å². The maximum Gasteiger partial charge on any atom is 0.416 e. The number of nitrogens with zero attached hydrogens (tertiary/aromatic N) is 3. The van der Waals surface area contributed by atoms with Gasteiger partial charge in [-0.1, -0.05) is 6.07 Å². The first-order chi connectivity index (χ1) is 14.2. The molecular weight excluding hydrogens is 399 g/mol. The average Bonchev–Trinajstić information content (AvgIpc) is 3.47. The van der Waals surface area contributed by atoms with Gasteiger partial charge in [0.25, 0.3) is 5.91 Å².